The van der Waals surface area contributed by atoms with Crippen LogP contribution in [-0.2, 0) is 17.3 Å². The van der Waals surface area contributed by atoms with Gasteiger partial charge in [0.1, 0.15) is 5.76 Å². The van der Waals surface area contributed by atoms with E-state index in [1.54, 1.807) is 6.26 Å². The molecule has 86 valence electrons. The SMILES string of the molecule is Cc1noc(C)c1CNC(C)CS(C)=O. The molecule has 0 aliphatic heterocycles. The fourth-order valence-electron chi connectivity index (χ4n) is 1.44. The minimum absolute atomic E-state index is 0.240. The molecule has 1 heterocycles. The Hall–Kier alpha value is -0.680. The van der Waals surface area contributed by atoms with Gasteiger partial charge in [0.15, 0.2) is 0 Å². The summed E-state index contributed by atoms with van der Waals surface area (Å²) in [7, 11) is -0.756. The lowest BCUT2D eigenvalue weighted by atomic mass is 10.2. The van der Waals surface area contributed by atoms with Crippen LogP contribution < -0.4 is 5.32 Å². The molecule has 1 aromatic rings. The zero-order valence-electron chi connectivity index (χ0n) is 9.66. The van der Waals surface area contributed by atoms with Crippen LogP contribution in [0.1, 0.15) is 23.9 Å². The lowest BCUT2D eigenvalue weighted by Crippen LogP contribution is -2.30. The Morgan fingerprint density at radius 3 is 2.67 bits per heavy atom. The largest absolute Gasteiger partial charge is 0.361 e. The van der Waals surface area contributed by atoms with E-state index in [9.17, 15) is 4.21 Å². The highest BCUT2D eigenvalue weighted by Gasteiger charge is 2.10. The molecule has 0 bridgehead atoms. The Kier molecular flexibility index (Phi) is 4.47. The molecule has 1 N–H and O–H groups in total. The first-order chi connectivity index (χ1) is 7.00. The molecule has 0 aliphatic rings. The average Bonchev–Trinajstić information content (AvgIpc) is 2.42. The van der Waals surface area contributed by atoms with Crippen LogP contribution in [0.5, 0.6) is 0 Å². The molecule has 0 aliphatic carbocycles. The van der Waals surface area contributed by atoms with Gasteiger partial charge in [0.25, 0.3) is 0 Å². The predicted molar refractivity (Wildman–Crippen MR) is 61.2 cm³/mol. The zero-order chi connectivity index (χ0) is 11.4. The normalized spacial score (nSPS) is 15.2. The maximum Gasteiger partial charge on any atom is 0.138 e. The predicted octanol–water partition coefficient (Wildman–Crippen LogP) is 1.15. The van der Waals surface area contributed by atoms with Gasteiger partial charge in [-0.25, -0.2) is 0 Å². The summed E-state index contributed by atoms with van der Waals surface area (Å²) in [6.07, 6.45) is 1.72. The minimum Gasteiger partial charge on any atom is -0.361 e. The lowest BCUT2D eigenvalue weighted by molar-refractivity contribution is 0.391. The highest BCUT2D eigenvalue weighted by atomic mass is 32.2. The number of hydrogen-bond donors (Lipinski definition) is 1. The molecule has 1 aromatic heterocycles. The molecule has 5 heteroatoms. The fraction of sp³-hybridized carbons (Fsp3) is 0.700. The standard InChI is InChI=1S/C10H18N2O2S/c1-7(6-15(4)13)11-5-10-8(2)12-14-9(10)3/h7,11H,5-6H2,1-4H3. The number of rotatable bonds is 5. The highest BCUT2D eigenvalue weighted by Crippen LogP contribution is 2.11. The summed E-state index contributed by atoms with van der Waals surface area (Å²) in [5.41, 5.74) is 2.02. The molecule has 1 rings (SSSR count). The van der Waals surface area contributed by atoms with E-state index in [2.05, 4.69) is 10.5 Å². The Labute approximate surface area is 92.9 Å². The summed E-state index contributed by atoms with van der Waals surface area (Å²) in [6.45, 7) is 6.58. The average molecular weight is 230 g/mol. The number of aromatic nitrogens is 1. The highest BCUT2D eigenvalue weighted by molar-refractivity contribution is 7.84. The number of aryl methyl sites for hydroxylation is 2. The summed E-state index contributed by atoms with van der Waals surface area (Å²) in [5, 5.41) is 7.19. The van der Waals surface area contributed by atoms with Crippen molar-refractivity contribution in [3.05, 3.63) is 17.0 Å². The second kappa shape index (κ2) is 5.42. The maximum atomic E-state index is 11.0. The van der Waals surface area contributed by atoms with Crippen LogP contribution in [-0.4, -0.2) is 27.4 Å². The number of hydrogen-bond acceptors (Lipinski definition) is 4. The maximum absolute atomic E-state index is 11.0. The molecule has 15 heavy (non-hydrogen) atoms. The van der Waals surface area contributed by atoms with Crippen LogP contribution in [0.15, 0.2) is 4.52 Å². The second-order valence-electron chi connectivity index (χ2n) is 3.82. The van der Waals surface area contributed by atoms with Gasteiger partial charge >= 0.3 is 0 Å². The lowest BCUT2D eigenvalue weighted by Gasteiger charge is -2.11. The van der Waals surface area contributed by atoms with Crippen molar-refractivity contribution >= 4 is 10.8 Å². The molecule has 0 radical (unpaired) electrons. The summed E-state index contributed by atoms with van der Waals surface area (Å²) < 4.78 is 16.0. The van der Waals surface area contributed by atoms with Crippen LogP contribution in [0.2, 0.25) is 0 Å². The van der Waals surface area contributed by atoms with Crippen molar-refractivity contribution in [1.82, 2.24) is 10.5 Å². The first-order valence-electron chi connectivity index (χ1n) is 4.96. The van der Waals surface area contributed by atoms with Gasteiger partial charge in [-0.05, 0) is 20.8 Å². The van der Waals surface area contributed by atoms with E-state index < -0.39 is 10.8 Å². The molecule has 0 amide bonds. The van der Waals surface area contributed by atoms with Crippen molar-refractivity contribution in [2.75, 3.05) is 12.0 Å². The Bertz CT molecular complexity index is 330. The van der Waals surface area contributed by atoms with E-state index in [4.69, 9.17) is 4.52 Å². The van der Waals surface area contributed by atoms with Gasteiger partial charge < -0.3 is 9.84 Å². The van der Waals surface area contributed by atoms with E-state index >= 15 is 0 Å². The van der Waals surface area contributed by atoms with Crippen molar-refractivity contribution in [3.8, 4) is 0 Å². The Morgan fingerprint density at radius 1 is 1.53 bits per heavy atom. The fourth-order valence-corrected chi connectivity index (χ4v) is 2.26. The van der Waals surface area contributed by atoms with E-state index in [1.807, 2.05) is 20.8 Å². The topological polar surface area (TPSA) is 55.1 Å². The molecule has 2 atom stereocenters. The van der Waals surface area contributed by atoms with Gasteiger partial charge in [0, 0.05) is 41.0 Å². The molecule has 0 spiro atoms. The third kappa shape index (κ3) is 3.76. The van der Waals surface area contributed by atoms with Crippen LogP contribution >= 0.6 is 0 Å². The first kappa shape index (κ1) is 12.4. The van der Waals surface area contributed by atoms with Crippen molar-refractivity contribution in [3.63, 3.8) is 0 Å². The van der Waals surface area contributed by atoms with Gasteiger partial charge in [-0.2, -0.15) is 0 Å². The van der Waals surface area contributed by atoms with Crippen molar-refractivity contribution in [1.29, 1.82) is 0 Å². The van der Waals surface area contributed by atoms with Crippen LogP contribution in [0, 0.1) is 13.8 Å². The van der Waals surface area contributed by atoms with E-state index in [0.717, 1.165) is 23.6 Å². The molecule has 4 nitrogen and oxygen atoms in total. The van der Waals surface area contributed by atoms with E-state index in [-0.39, 0.29) is 6.04 Å². The molecular formula is C10H18N2O2S. The summed E-state index contributed by atoms with van der Waals surface area (Å²) in [4.78, 5) is 0. The van der Waals surface area contributed by atoms with Crippen LogP contribution in [0.25, 0.3) is 0 Å². The van der Waals surface area contributed by atoms with Crippen LogP contribution in [0.3, 0.4) is 0 Å². The summed E-state index contributed by atoms with van der Waals surface area (Å²) in [6, 6.07) is 0.240. The molecular weight excluding hydrogens is 212 g/mol. The second-order valence-corrected chi connectivity index (χ2v) is 5.30. The molecule has 2 unspecified atom stereocenters. The smallest absolute Gasteiger partial charge is 0.138 e. The molecule has 0 saturated heterocycles. The van der Waals surface area contributed by atoms with Crippen molar-refractivity contribution in [2.45, 2.75) is 33.4 Å². The van der Waals surface area contributed by atoms with E-state index in [1.165, 1.54) is 0 Å². The number of nitrogens with one attached hydrogen (secondary N) is 1. The minimum atomic E-state index is -0.756. The van der Waals surface area contributed by atoms with E-state index in [0.29, 0.717) is 5.75 Å². The summed E-state index contributed by atoms with van der Waals surface area (Å²) >= 11 is 0. The van der Waals surface area contributed by atoms with Gasteiger partial charge in [-0.3, -0.25) is 4.21 Å². The third-order valence-electron chi connectivity index (χ3n) is 2.29. The zero-order valence-corrected chi connectivity index (χ0v) is 10.5. The summed E-state index contributed by atoms with van der Waals surface area (Å²) in [5.74, 6) is 1.52. The quantitative estimate of drug-likeness (QED) is 0.824. The molecule has 0 aromatic carbocycles. The van der Waals surface area contributed by atoms with Gasteiger partial charge in [-0.15, -0.1) is 0 Å². The van der Waals surface area contributed by atoms with Gasteiger partial charge in [-0.1, -0.05) is 5.16 Å². The monoisotopic (exact) mass is 230 g/mol. The molecule has 0 fully saturated rings. The van der Waals surface area contributed by atoms with Crippen molar-refractivity contribution in [2.24, 2.45) is 0 Å². The van der Waals surface area contributed by atoms with Gasteiger partial charge in [0.05, 0.1) is 5.69 Å². The van der Waals surface area contributed by atoms with Crippen molar-refractivity contribution < 1.29 is 8.73 Å². The third-order valence-corrected chi connectivity index (χ3v) is 3.26. The molecule has 0 saturated carbocycles. The first-order valence-corrected chi connectivity index (χ1v) is 6.68. The van der Waals surface area contributed by atoms with Gasteiger partial charge in [0.2, 0.25) is 0 Å². The number of nitrogens with zero attached hydrogens (tertiary/aromatic N) is 1. The Balaban J connectivity index is 2.46. The Morgan fingerprint density at radius 2 is 2.20 bits per heavy atom. The van der Waals surface area contributed by atoms with Crippen LogP contribution in [0.4, 0.5) is 0 Å².